The minimum Gasteiger partial charge on any atom is -0.493 e. The quantitative estimate of drug-likeness (QED) is 0.681. The van der Waals surface area contributed by atoms with Crippen LogP contribution in [0.3, 0.4) is 0 Å². The second kappa shape index (κ2) is 11.1. The van der Waals surface area contributed by atoms with Crippen molar-refractivity contribution in [1.29, 1.82) is 0 Å². The van der Waals surface area contributed by atoms with Gasteiger partial charge in [-0.15, -0.1) is 0 Å². The summed E-state index contributed by atoms with van der Waals surface area (Å²) in [4.78, 5) is 25.5. The molecule has 1 aliphatic heterocycles. The van der Waals surface area contributed by atoms with Gasteiger partial charge in [-0.1, -0.05) is 30.3 Å². The Kier molecular flexibility index (Phi) is 8.57. The highest BCUT2D eigenvalue weighted by atomic mass is 16.5. The standard InChI is InChI=1S/C21H26N2O2.C2H2O4/c1-23(2)11-10-17-12-16-13-19(24-3)20(25-4)14-18(16)21(22-17)15-8-6-5-7-9-15;3-1(4)2(5)6/h5-9,13-14,17H,10-12H2,1-4H3;(H,3,4)(H,5,6). The largest absolute Gasteiger partial charge is 0.493 e. The summed E-state index contributed by atoms with van der Waals surface area (Å²) in [5.74, 6) is -2.12. The lowest BCUT2D eigenvalue weighted by molar-refractivity contribution is -0.159. The first kappa shape index (κ1) is 23.9. The Morgan fingerprint density at radius 2 is 1.61 bits per heavy atom. The van der Waals surface area contributed by atoms with E-state index < -0.39 is 11.9 Å². The average molecular weight is 428 g/mol. The van der Waals surface area contributed by atoms with Gasteiger partial charge in [-0.05, 0) is 51.2 Å². The molecule has 1 aliphatic rings. The Labute approximate surface area is 181 Å². The molecule has 0 saturated carbocycles. The smallest absolute Gasteiger partial charge is 0.414 e. The fraction of sp³-hybridized carbons (Fsp3) is 0.348. The van der Waals surface area contributed by atoms with Crippen LogP contribution < -0.4 is 9.47 Å². The molecular formula is C23H28N2O6. The van der Waals surface area contributed by atoms with Crippen LogP contribution in [0.1, 0.15) is 23.1 Å². The Balaban J connectivity index is 0.000000501. The summed E-state index contributed by atoms with van der Waals surface area (Å²) in [5.41, 5.74) is 4.61. The van der Waals surface area contributed by atoms with Gasteiger partial charge in [0.05, 0.1) is 26.0 Å². The number of ether oxygens (including phenoxy) is 2. The Morgan fingerprint density at radius 1 is 1.03 bits per heavy atom. The van der Waals surface area contributed by atoms with Gasteiger partial charge >= 0.3 is 11.9 Å². The number of carbonyl (C=O) groups is 2. The van der Waals surface area contributed by atoms with Crippen molar-refractivity contribution in [2.75, 3.05) is 34.9 Å². The van der Waals surface area contributed by atoms with Gasteiger partial charge in [0.25, 0.3) is 0 Å². The zero-order valence-electron chi connectivity index (χ0n) is 18.2. The summed E-state index contributed by atoms with van der Waals surface area (Å²) in [5, 5.41) is 14.8. The maximum absolute atomic E-state index is 9.10. The number of aliphatic carboxylic acids is 2. The predicted molar refractivity (Wildman–Crippen MR) is 118 cm³/mol. The second-order valence-corrected chi connectivity index (χ2v) is 7.27. The molecule has 0 radical (unpaired) electrons. The van der Waals surface area contributed by atoms with Crippen LogP contribution in [0.4, 0.5) is 0 Å². The van der Waals surface area contributed by atoms with E-state index in [4.69, 9.17) is 34.3 Å². The normalized spacial score (nSPS) is 14.6. The van der Waals surface area contributed by atoms with E-state index in [0.717, 1.165) is 47.7 Å². The average Bonchev–Trinajstić information content (AvgIpc) is 2.77. The molecule has 2 aromatic carbocycles. The maximum Gasteiger partial charge on any atom is 0.414 e. The fourth-order valence-corrected chi connectivity index (χ4v) is 3.26. The van der Waals surface area contributed by atoms with Crippen LogP contribution in [0.25, 0.3) is 0 Å². The first-order chi connectivity index (χ1) is 14.8. The lowest BCUT2D eigenvalue weighted by Gasteiger charge is -2.26. The minimum atomic E-state index is -1.82. The van der Waals surface area contributed by atoms with Crippen molar-refractivity contribution in [3.05, 3.63) is 59.2 Å². The number of hydrogen-bond donors (Lipinski definition) is 2. The maximum atomic E-state index is 9.10. The van der Waals surface area contributed by atoms with Crippen molar-refractivity contribution in [2.45, 2.75) is 18.9 Å². The van der Waals surface area contributed by atoms with Gasteiger partial charge in [-0.2, -0.15) is 0 Å². The zero-order valence-corrected chi connectivity index (χ0v) is 18.2. The number of aliphatic imine (C=N–C) groups is 1. The van der Waals surface area contributed by atoms with Crippen LogP contribution >= 0.6 is 0 Å². The van der Waals surface area contributed by atoms with Crippen molar-refractivity contribution in [3.63, 3.8) is 0 Å². The molecule has 0 aromatic heterocycles. The highest BCUT2D eigenvalue weighted by Crippen LogP contribution is 2.35. The van der Waals surface area contributed by atoms with E-state index in [-0.39, 0.29) is 6.04 Å². The van der Waals surface area contributed by atoms with Gasteiger partial charge in [0.1, 0.15) is 0 Å². The molecule has 0 saturated heterocycles. The molecule has 2 aromatic rings. The summed E-state index contributed by atoms with van der Waals surface area (Å²) in [6.45, 7) is 1.03. The van der Waals surface area contributed by atoms with Crippen LogP contribution in [0.2, 0.25) is 0 Å². The lowest BCUT2D eigenvalue weighted by atomic mass is 9.89. The molecule has 3 rings (SSSR count). The number of benzene rings is 2. The SMILES string of the molecule is COc1cc2c(cc1OC)C(c1ccccc1)=NC(CCN(C)C)C2.O=C(O)C(=O)O. The molecule has 2 N–H and O–H groups in total. The molecule has 0 amide bonds. The Morgan fingerprint density at radius 3 is 2.13 bits per heavy atom. The molecule has 8 nitrogen and oxygen atoms in total. The molecule has 0 bridgehead atoms. The fourth-order valence-electron chi connectivity index (χ4n) is 3.26. The van der Waals surface area contributed by atoms with Gasteiger partial charge in [-0.25, -0.2) is 9.59 Å². The van der Waals surface area contributed by atoms with Crippen LogP contribution in [0, 0.1) is 0 Å². The van der Waals surface area contributed by atoms with Crippen molar-refractivity contribution in [1.82, 2.24) is 4.90 Å². The molecule has 1 unspecified atom stereocenters. The summed E-state index contributed by atoms with van der Waals surface area (Å²) >= 11 is 0. The highest BCUT2D eigenvalue weighted by molar-refractivity contribution is 6.27. The molecule has 0 aliphatic carbocycles. The summed E-state index contributed by atoms with van der Waals surface area (Å²) in [7, 11) is 7.56. The minimum absolute atomic E-state index is 0.281. The molecule has 31 heavy (non-hydrogen) atoms. The highest BCUT2D eigenvalue weighted by Gasteiger charge is 2.24. The van der Waals surface area contributed by atoms with E-state index in [1.165, 1.54) is 5.56 Å². The summed E-state index contributed by atoms with van der Waals surface area (Å²) in [6.07, 6.45) is 1.97. The number of rotatable bonds is 6. The Bertz CT molecular complexity index is 929. The monoisotopic (exact) mass is 428 g/mol. The number of nitrogens with zero attached hydrogens (tertiary/aromatic N) is 2. The van der Waals surface area contributed by atoms with Gasteiger partial charge in [-0.3, -0.25) is 4.99 Å². The van der Waals surface area contributed by atoms with Gasteiger partial charge in [0.15, 0.2) is 11.5 Å². The summed E-state index contributed by atoms with van der Waals surface area (Å²) in [6, 6.07) is 14.8. The van der Waals surface area contributed by atoms with E-state index in [1.807, 2.05) is 6.07 Å². The van der Waals surface area contributed by atoms with Crippen molar-refractivity contribution in [2.24, 2.45) is 4.99 Å². The topological polar surface area (TPSA) is 109 Å². The van der Waals surface area contributed by atoms with E-state index in [2.05, 4.69) is 55.4 Å². The van der Waals surface area contributed by atoms with Crippen LogP contribution in [0.15, 0.2) is 47.5 Å². The van der Waals surface area contributed by atoms with Crippen LogP contribution in [0.5, 0.6) is 11.5 Å². The van der Waals surface area contributed by atoms with E-state index in [0.29, 0.717) is 0 Å². The molecule has 166 valence electrons. The third-order valence-corrected chi connectivity index (χ3v) is 4.77. The molecule has 1 atom stereocenters. The second-order valence-electron chi connectivity index (χ2n) is 7.27. The molecule has 0 fully saturated rings. The van der Waals surface area contributed by atoms with Gasteiger partial charge in [0, 0.05) is 11.1 Å². The van der Waals surface area contributed by atoms with Crippen LogP contribution in [-0.2, 0) is 16.0 Å². The zero-order chi connectivity index (χ0) is 23.0. The summed E-state index contributed by atoms with van der Waals surface area (Å²) < 4.78 is 11.0. The van der Waals surface area contributed by atoms with E-state index in [1.54, 1.807) is 14.2 Å². The van der Waals surface area contributed by atoms with E-state index in [9.17, 15) is 0 Å². The number of carboxylic acids is 2. The van der Waals surface area contributed by atoms with Crippen molar-refractivity contribution < 1.29 is 29.3 Å². The Hall–Kier alpha value is -3.39. The van der Waals surface area contributed by atoms with Gasteiger partial charge < -0.3 is 24.6 Å². The molecule has 8 heteroatoms. The van der Waals surface area contributed by atoms with Gasteiger partial charge in [0.2, 0.25) is 0 Å². The number of fused-ring (bicyclic) bond motifs is 1. The first-order valence-electron chi connectivity index (χ1n) is 9.76. The van der Waals surface area contributed by atoms with E-state index >= 15 is 0 Å². The number of methoxy groups -OCH3 is 2. The van der Waals surface area contributed by atoms with Crippen LogP contribution in [-0.4, -0.2) is 73.7 Å². The third kappa shape index (κ3) is 6.55. The molecule has 1 heterocycles. The molecule has 0 spiro atoms. The number of hydrogen-bond acceptors (Lipinski definition) is 6. The number of carboxylic acid groups (broad SMARTS) is 2. The molecular weight excluding hydrogens is 400 g/mol. The van der Waals surface area contributed by atoms with Crippen molar-refractivity contribution >= 4 is 17.7 Å². The predicted octanol–water partition coefficient (Wildman–Crippen LogP) is 2.57. The first-order valence-corrected chi connectivity index (χ1v) is 9.76. The lowest BCUT2D eigenvalue weighted by Crippen LogP contribution is -2.26. The van der Waals surface area contributed by atoms with Crippen molar-refractivity contribution in [3.8, 4) is 11.5 Å². The third-order valence-electron chi connectivity index (χ3n) is 4.77.